The summed E-state index contributed by atoms with van der Waals surface area (Å²) in [6, 6.07) is 65.1. The Morgan fingerprint density at radius 2 is 1.30 bits per heavy atom. The molecule has 0 fully saturated rings. The SMILES string of the molecule is C[Si](C)(C)c1ccc(-c2[c-]cccc2)nc1.[2H]C([2H])([2H])c1c[c-]c(-c2nc3ccc4ccccc4c3n2-c2c(C(C)C)cc(-c3ccccc3)cc2C(C)C)c2oc3cc4c(ccc5ccccc54)cc3c12.[Ir]. The second kappa shape index (κ2) is 18.8. The van der Waals surface area contributed by atoms with E-state index in [1.807, 2.05) is 42.6 Å². The molecule has 3 aromatic heterocycles. The minimum Gasteiger partial charge on any atom is -0.501 e. The first-order valence-electron chi connectivity index (χ1n) is 25.4. The summed E-state index contributed by atoms with van der Waals surface area (Å²) >= 11 is 0. The van der Waals surface area contributed by atoms with Crippen LogP contribution in [0.15, 0.2) is 180 Å². The van der Waals surface area contributed by atoms with Crippen molar-refractivity contribution in [1.82, 2.24) is 14.5 Å². The van der Waals surface area contributed by atoms with Gasteiger partial charge in [-0.3, -0.25) is 4.98 Å². The van der Waals surface area contributed by atoms with Gasteiger partial charge in [-0.1, -0.05) is 174 Å². The molecule has 0 bridgehead atoms. The number of pyridine rings is 1. The number of nitrogens with zero attached hydrogens (tertiary/aromatic N) is 3. The van der Waals surface area contributed by atoms with Crippen LogP contribution in [0.1, 0.15) is 60.3 Å². The van der Waals surface area contributed by atoms with Crippen molar-refractivity contribution in [3.8, 4) is 39.5 Å². The van der Waals surface area contributed by atoms with Crippen molar-refractivity contribution >= 4 is 78.5 Å². The fourth-order valence-corrected chi connectivity index (χ4v) is 10.9. The molecule has 347 valence electrons. The molecule has 4 nitrogen and oxygen atoms in total. The van der Waals surface area contributed by atoms with Crippen LogP contribution in [-0.4, -0.2) is 22.6 Å². The Morgan fingerprint density at radius 1 is 0.629 bits per heavy atom. The summed E-state index contributed by atoms with van der Waals surface area (Å²) < 4.78 is 35.2. The molecule has 0 spiro atoms. The fraction of sp³-hybridized carbons (Fsp3) is 0.156. The maximum atomic E-state index is 8.66. The van der Waals surface area contributed by atoms with Crippen LogP contribution in [0.25, 0.3) is 105 Å². The smallest absolute Gasteiger partial charge is 0.121 e. The first-order valence-corrected chi connectivity index (χ1v) is 27.4. The van der Waals surface area contributed by atoms with Gasteiger partial charge in [-0.05, 0) is 102 Å². The van der Waals surface area contributed by atoms with Crippen LogP contribution < -0.4 is 5.19 Å². The van der Waals surface area contributed by atoms with Crippen molar-refractivity contribution in [1.29, 1.82) is 0 Å². The van der Waals surface area contributed by atoms with E-state index in [2.05, 4.69) is 196 Å². The van der Waals surface area contributed by atoms with E-state index in [1.165, 1.54) is 27.4 Å². The Morgan fingerprint density at radius 3 is 1.97 bits per heavy atom. The van der Waals surface area contributed by atoms with Gasteiger partial charge in [0.1, 0.15) is 5.58 Å². The van der Waals surface area contributed by atoms with Crippen LogP contribution in [0.3, 0.4) is 0 Å². The number of hydrogen-bond acceptors (Lipinski definition) is 3. The Balaban J connectivity index is 0.000000307. The summed E-state index contributed by atoms with van der Waals surface area (Å²) in [6.07, 6.45) is 2.02. The number of benzene rings is 9. The van der Waals surface area contributed by atoms with E-state index >= 15 is 0 Å². The number of hydrogen-bond donors (Lipinski definition) is 0. The van der Waals surface area contributed by atoms with Gasteiger partial charge in [0.05, 0.1) is 30.5 Å². The topological polar surface area (TPSA) is 43.9 Å². The van der Waals surface area contributed by atoms with E-state index in [0.29, 0.717) is 27.9 Å². The van der Waals surface area contributed by atoms with E-state index in [1.54, 1.807) is 6.07 Å². The third kappa shape index (κ3) is 8.38. The zero-order valence-electron chi connectivity index (χ0n) is 43.5. The molecule has 70 heavy (non-hydrogen) atoms. The molecule has 0 unspecified atom stereocenters. The quantitative estimate of drug-likeness (QED) is 0.0907. The van der Waals surface area contributed by atoms with Gasteiger partial charge in [0, 0.05) is 46.9 Å². The Labute approximate surface area is 429 Å². The molecule has 1 radical (unpaired) electrons. The molecule has 9 aromatic carbocycles. The third-order valence-electron chi connectivity index (χ3n) is 13.5. The number of aryl methyl sites for hydroxylation is 1. The molecule has 0 aliphatic rings. The largest absolute Gasteiger partial charge is 0.501 e. The minimum atomic E-state index is -2.40. The van der Waals surface area contributed by atoms with E-state index < -0.39 is 14.9 Å². The summed E-state index contributed by atoms with van der Waals surface area (Å²) in [6.45, 7) is 13.6. The summed E-state index contributed by atoms with van der Waals surface area (Å²) in [7, 11) is -1.23. The molecule has 0 aliphatic carbocycles. The zero-order chi connectivity index (χ0) is 50.1. The molecule has 0 N–H and O–H groups in total. The van der Waals surface area contributed by atoms with Crippen LogP contribution >= 0.6 is 0 Å². The van der Waals surface area contributed by atoms with Gasteiger partial charge in [-0.2, -0.15) is 0 Å². The van der Waals surface area contributed by atoms with E-state index in [4.69, 9.17) is 13.5 Å². The molecular formula is C64H55IrN3OSi-2. The van der Waals surface area contributed by atoms with E-state index in [0.717, 1.165) is 65.7 Å². The average Bonchev–Trinajstić information content (AvgIpc) is 3.96. The van der Waals surface area contributed by atoms with E-state index in [-0.39, 0.29) is 37.5 Å². The normalized spacial score (nSPS) is 12.7. The second-order valence-electron chi connectivity index (χ2n) is 19.8. The van der Waals surface area contributed by atoms with Gasteiger partial charge in [-0.15, -0.1) is 53.6 Å². The van der Waals surface area contributed by atoms with Crippen molar-refractivity contribution in [2.75, 3.05) is 0 Å². The van der Waals surface area contributed by atoms with Crippen molar-refractivity contribution in [3.05, 3.63) is 205 Å². The molecule has 0 saturated carbocycles. The maximum absolute atomic E-state index is 8.66. The number of aromatic nitrogens is 3. The standard InChI is InChI=1S/C50H39N2O.C14H16NSi.Ir/c1-29(2)40-26-36(32-13-7-6-8-14-32)27-41(30(3)4)47(40)52-48-38-18-12-10-16-34(38)22-24-44(48)51-50(52)39-23-19-31(5)46-43-25-35-21-20-33-15-9-11-17-37(33)42(35)28-45(43)53-49(39)46;1-16(2,3)13-9-10-14(15-11-13)12-7-5-4-6-8-12;/h6-22,24-30H,1-5H3;4-7,9-11H,1-3H3;/q2*-1;/i5D3;;. The predicted octanol–water partition coefficient (Wildman–Crippen LogP) is 17.2. The minimum absolute atomic E-state index is 0. The maximum Gasteiger partial charge on any atom is 0.121 e. The number of rotatable bonds is 7. The summed E-state index contributed by atoms with van der Waals surface area (Å²) in [4.78, 5) is 9.95. The second-order valence-corrected chi connectivity index (χ2v) is 24.9. The molecule has 0 atom stereocenters. The molecule has 0 saturated heterocycles. The molecule has 12 rings (SSSR count). The fourth-order valence-electron chi connectivity index (χ4n) is 9.88. The number of furan rings is 1. The van der Waals surface area contributed by atoms with Crippen LogP contribution in [0.5, 0.6) is 0 Å². The third-order valence-corrected chi connectivity index (χ3v) is 15.6. The van der Waals surface area contributed by atoms with Gasteiger partial charge in [0.15, 0.2) is 0 Å². The average molecular weight is 1110 g/mol. The summed E-state index contributed by atoms with van der Waals surface area (Å²) in [5.41, 5.74) is 11.6. The van der Waals surface area contributed by atoms with Crippen LogP contribution in [0, 0.1) is 19.0 Å². The summed E-state index contributed by atoms with van der Waals surface area (Å²) in [5, 5.41) is 9.24. The zero-order valence-corrected chi connectivity index (χ0v) is 43.9. The van der Waals surface area contributed by atoms with Gasteiger partial charge in [-0.25, -0.2) is 0 Å². The Hall–Kier alpha value is -6.95. The van der Waals surface area contributed by atoms with E-state index in [9.17, 15) is 0 Å². The Kier molecular flexibility index (Phi) is 11.5. The number of fused-ring (bicyclic) bond motifs is 9. The molecule has 6 heteroatoms. The van der Waals surface area contributed by atoms with Crippen molar-refractivity contribution in [3.63, 3.8) is 0 Å². The first kappa shape index (κ1) is 43.1. The van der Waals surface area contributed by atoms with Crippen molar-refractivity contribution < 1.29 is 28.6 Å². The van der Waals surface area contributed by atoms with Crippen LogP contribution in [0.4, 0.5) is 0 Å². The number of imidazole rings is 1. The van der Waals surface area contributed by atoms with Crippen molar-refractivity contribution in [2.24, 2.45) is 0 Å². The van der Waals surface area contributed by atoms with Gasteiger partial charge < -0.3 is 14.0 Å². The predicted molar refractivity (Wildman–Crippen MR) is 295 cm³/mol. The van der Waals surface area contributed by atoms with Crippen LogP contribution in [-0.2, 0) is 20.1 Å². The molecular weight excluding hydrogens is 1050 g/mol. The van der Waals surface area contributed by atoms with Gasteiger partial charge in [0.25, 0.3) is 0 Å². The molecule has 12 aromatic rings. The van der Waals surface area contributed by atoms with Gasteiger partial charge >= 0.3 is 0 Å². The molecule has 0 amide bonds. The van der Waals surface area contributed by atoms with Crippen molar-refractivity contribution in [2.45, 2.75) is 66.0 Å². The molecule has 3 heterocycles. The first-order chi connectivity index (χ1) is 34.6. The van der Waals surface area contributed by atoms with Crippen LogP contribution in [0.2, 0.25) is 19.6 Å². The Bertz CT molecular complexity index is 3980. The molecule has 0 aliphatic heterocycles. The monoisotopic (exact) mass is 1110 g/mol. The van der Waals surface area contributed by atoms with Gasteiger partial charge in [0.2, 0.25) is 0 Å². The summed E-state index contributed by atoms with van der Waals surface area (Å²) in [5.74, 6) is 0.993.